The normalized spacial score (nSPS) is 21.4. The van der Waals surface area contributed by atoms with Gasteiger partial charge in [0, 0.05) is 16.1 Å². The lowest BCUT2D eigenvalue weighted by molar-refractivity contribution is 0.271. The van der Waals surface area contributed by atoms with Gasteiger partial charge in [-0.1, -0.05) is 54.1 Å². The number of hydrogen-bond acceptors (Lipinski definition) is 5. The summed E-state index contributed by atoms with van der Waals surface area (Å²) in [4.78, 5) is 4.84. The minimum Gasteiger partial charge on any atom is -0.496 e. The molecule has 0 radical (unpaired) electrons. The van der Waals surface area contributed by atoms with E-state index in [4.69, 9.17) is 37.7 Å². The van der Waals surface area contributed by atoms with Crippen LogP contribution in [-0.4, -0.2) is 34.8 Å². The molecule has 2 aliphatic carbocycles. The Morgan fingerprint density at radius 1 is 1.00 bits per heavy atom. The number of hydrogen-bond donors (Lipinski definition) is 2. The van der Waals surface area contributed by atoms with Crippen molar-refractivity contribution in [2.24, 2.45) is 0 Å². The van der Waals surface area contributed by atoms with E-state index in [1.165, 1.54) is 0 Å². The van der Waals surface area contributed by atoms with Crippen LogP contribution in [0.3, 0.4) is 0 Å². The summed E-state index contributed by atoms with van der Waals surface area (Å²) in [6.45, 7) is -0.269. The van der Waals surface area contributed by atoms with E-state index in [2.05, 4.69) is 12.2 Å². The molecule has 3 aromatic rings. The van der Waals surface area contributed by atoms with Gasteiger partial charge < -0.3 is 19.7 Å². The van der Waals surface area contributed by atoms with E-state index in [0.717, 1.165) is 46.2 Å². The number of pyridine rings is 1. The SMILES string of the molecule is COc1cc2c(cc1CO)CCC2=CC1(c2ccc(CO)c(OC)n2)C=CC=C(c2ccccc2Cl)C1Cl. The second-order valence-electron chi connectivity index (χ2n) is 9.43. The number of benzene rings is 2. The quantitative estimate of drug-likeness (QED) is 0.340. The summed E-state index contributed by atoms with van der Waals surface area (Å²) < 4.78 is 11.1. The fraction of sp³-hybridized carbons (Fsp3) is 0.258. The minimum atomic E-state index is -0.841. The molecule has 196 valence electrons. The number of methoxy groups -OCH3 is 2. The molecule has 0 aliphatic heterocycles. The van der Waals surface area contributed by atoms with Gasteiger partial charge in [0.25, 0.3) is 0 Å². The maximum Gasteiger partial charge on any atom is 0.218 e. The largest absolute Gasteiger partial charge is 0.496 e. The highest BCUT2D eigenvalue weighted by atomic mass is 35.5. The number of ether oxygens (including phenoxy) is 2. The first-order valence-electron chi connectivity index (χ1n) is 12.4. The maximum absolute atomic E-state index is 9.81. The molecule has 0 saturated heterocycles. The molecule has 0 spiro atoms. The fourth-order valence-electron chi connectivity index (χ4n) is 5.41. The Hall–Kier alpha value is -3.09. The number of aliphatic hydroxyl groups excluding tert-OH is 2. The molecule has 0 bridgehead atoms. The second kappa shape index (κ2) is 11.0. The summed E-state index contributed by atoms with van der Waals surface area (Å²) >= 11 is 14.0. The van der Waals surface area contributed by atoms with Crippen LogP contribution in [0.5, 0.6) is 11.6 Å². The first-order chi connectivity index (χ1) is 18.4. The molecule has 0 saturated carbocycles. The number of aliphatic hydroxyl groups is 2. The third-order valence-corrected chi connectivity index (χ3v) is 8.30. The van der Waals surface area contributed by atoms with Crippen molar-refractivity contribution in [3.05, 3.63) is 111 Å². The van der Waals surface area contributed by atoms with Crippen molar-refractivity contribution in [3.63, 3.8) is 0 Å². The van der Waals surface area contributed by atoms with E-state index in [9.17, 15) is 10.2 Å². The van der Waals surface area contributed by atoms with Crippen LogP contribution in [-0.2, 0) is 25.0 Å². The molecule has 7 heteroatoms. The molecule has 38 heavy (non-hydrogen) atoms. The monoisotopic (exact) mass is 549 g/mol. The van der Waals surface area contributed by atoms with Crippen molar-refractivity contribution in [2.75, 3.05) is 14.2 Å². The Morgan fingerprint density at radius 2 is 1.79 bits per heavy atom. The number of halogens is 2. The molecule has 5 rings (SSSR count). The Bertz CT molecular complexity index is 1460. The van der Waals surface area contributed by atoms with Crippen LogP contribution in [0.25, 0.3) is 11.1 Å². The zero-order chi connectivity index (χ0) is 26.9. The van der Waals surface area contributed by atoms with Gasteiger partial charge in [-0.2, -0.15) is 0 Å². The molecule has 2 atom stereocenters. The molecule has 5 nitrogen and oxygen atoms in total. The average Bonchev–Trinajstić information content (AvgIpc) is 3.34. The van der Waals surface area contributed by atoms with E-state index in [1.54, 1.807) is 14.2 Å². The summed E-state index contributed by atoms with van der Waals surface area (Å²) in [5, 5.41) is 19.7. The molecular formula is C31H29Cl2NO4. The van der Waals surface area contributed by atoms with E-state index < -0.39 is 10.8 Å². The van der Waals surface area contributed by atoms with Crippen LogP contribution < -0.4 is 9.47 Å². The van der Waals surface area contributed by atoms with E-state index in [-0.39, 0.29) is 13.2 Å². The predicted molar refractivity (Wildman–Crippen MR) is 152 cm³/mol. The van der Waals surface area contributed by atoms with Crippen molar-refractivity contribution in [2.45, 2.75) is 36.8 Å². The summed E-state index contributed by atoms with van der Waals surface area (Å²) in [5.74, 6) is 1.01. The van der Waals surface area contributed by atoms with Crippen molar-refractivity contribution in [3.8, 4) is 11.6 Å². The number of alkyl halides is 1. The van der Waals surface area contributed by atoms with E-state index in [1.807, 2.05) is 60.7 Å². The molecule has 1 heterocycles. The van der Waals surface area contributed by atoms with Crippen LogP contribution in [0.1, 0.15) is 39.9 Å². The minimum absolute atomic E-state index is 0.0845. The third-order valence-electron chi connectivity index (χ3n) is 7.37. The molecule has 2 N–H and O–H groups in total. The maximum atomic E-state index is 9.81. The summed E-state index contributed by atoms with van der Waals surface area (Å²) in [6.07, 6.45) is 9.90. The second-order valence-corrected chi connectivity index (χ2v) is 10.3. The standard InChI is InChI=1S/C31H29Cl2NO4/c1-37-27-15-25-19(14-22(27)18-36)9-10-20(25)16-31(28-12-11-21(17-35)30(34-28)38-2)13-5-7-24(29(31)33)23-6-3-4-8-26(23)32/h3-8,11-16,29,35-36H,9-10,17-18H2,1-2H3. The lowest BCUT2D eigenvalue weighted by atomic mass is 9.72. The van der Waals surface area contributed by atoms with Crippen molar-refractivity contribution < 1.29 is 19.7 Å². The van der Waals surface area contributed by atoms with Crippen molar-refractivity contribution in [1.29, 1.82) is 0 Å². The number of rotatable bonds is 7. The van der Waals surface area contributed by atoms with Crippen molar-refractivity contribution in [1.82, 2.24) is 4.98 Å². The van der Waals surface area contributed by atoms with Gasteiger partial charge in [0.05, 0.1) is 43.9 Å². The lowest BCUT2D eigenvalue weighted by Crippen LogP contribution is -2.36. The molecular weight excluding hydrogens is 521 g/mol. The summed E-state index contributed by atoms with van der Waals surface area (Å²) in [7, 11) is 3.15. The van der Waals surface area contributed by atoms with Crippen LogP contribution in [0.4, 0.5) is 0 Å². The van der Waals surface area contributed by atoms with Gasteiger partial charge in [0.1, 0.15) is 5.75 Å². The highest BCUT2D eigenvalue weighted by molar-refractivity contribution is 6.34. The third kappa shape index (κ3) is 4.54. The molecule has 2 aliphatic rings. The molecule has 1 aromatic heterocycles. The smallest absolute Gasteiger partial charge is 0.218 e. The fourth-order valence-corrected chi connectivity index (χ4v) is 6.10. The average molecular weight is 550 g/mol. The molecule has 0 fully saturated rings. The highest BCUT2D eigenvalue weighted by Gasteiger charge is 2.42. The topological polar surface area (TPSA) is 71.8 Å². The number of aryl methyl sites for hydroxylation is 1. The van der Waals surface area contributed by atoms with Gasteiger partial charge in [-0.05, 0) is 71.0 Å². The lowest BCUT2D eigenvalue weighted by Gasteiger charge is -2.37. The Morgan fingerprint density at radius 3 is 2.50 bits per heavy atom. The van der Waals surface area contributed by atoms with Gasteiger partial charge in [-0.25, -0.2) is 4.98 Å². The summed E-state index contributed by atoms with van der Waals surface area (Å²) in [6, 6.07) is 15.4. The van der Waals surface area contributed by atoms with Gasteiger partial charge in [0.2, 0.25) is 5.88 Å². The first-order valence-corrected chi connectivity index (χ1v) is 13.2. The Kier molecular flexibility index (Phi) is 7.64. The summed E-state index contributed by atoms with van der Waals surface area (Å²) in [5.41, 5.74) is 6.31. The molecule has 2 unspecified atom stereocenters. The predicted octanol–water partition coefficient (Wildman–Crippen LogP) is 6.27. The highest BCUT2D eigenvalue weighted by Crippen LogP contribution is 2.48. The first kappa shape index (κ1) is 26.5. The van der Waals surface area contributed by atoms with Gasteiger partial charge >= 0.3 is 0 Å². The van der Waals surface area contributed by atoms with E-state index >= 15 is 0 Å². The Balaban J connectivity index is 1.71. The van der Waals surface area contributed by atoms with Gasteiger partial charge in [-0.15, -0.1) is 11.6 Å². The Labute approximate surface area is 232 Å². The zero-order valence-electron chi connectivity index (χ0n) is 21.2. The number of aromatic nitrogens is 1. The van der Waals surface area contributed by atoms with Crippen LogP contribution >= 0.6 is 23.2 Å². The molecule has 0 amide bonds. The molecule has 2 aromatic carbocycles. The zero-order valence-corrected chi connectivity index (χ0v) is 22.8. The van der Waals surface area contributed by atoms with Gasteiger partial charge in [-0.3, -0.25) is 0 Å². The number of nitrogens with zero attached hydrogens (tertiary/aromatic N) is 1. The van der Waals surface area contributed by atoms with E-state index in [0.29, 0.717) is 27.9 Å². The van der Waals surface area contributed by atoms with Crippen molar-refractivity contribution >= 4 is 34.3 Å². The van der Waals surface area contributed by atoms with Crippen LogP contribution in [0.2, 0.25) is 5.02 Å². The number of allylic oxidation sites excluding steroid dienone is 6. The van der Waals surface area contributed by atoms with Crippen LogP contribution in [0.15, 0.2) is 72.8 Å². The number of fused-ring (bicyclic) bond motifs is 1. The van der Waals surface area contributed by atoms with Crippen LogP contribution in [0, 0.1) is 0 Å². The van der Waals surface area contributed by atoms with Gasteiger partial charge in [0.15, 0.2) is 0 Å².